The Morgan fingerprint density at radius 1 is 0.930 bits per heavy atom. The molecule has 1 aliphatic rings. The van der Waals surface area contributed by atoms with E-state index in [1.165, 1.54) is 6.07 Å². The van der Waals surface area contributed by atoms with Crippen LogP contribution in [0.15, 0.2) is 91.0 Å². The van der Waals surface area contributed by atoms with Gasteiger partial charge >= 0.3 is 6.09 Å². The minimum Gasteiger partial charge on any atom is -0.444 e. The maximum Gasteiger partial charge on any atom is 0.410 e. The number of hydrogen-bond donors (Lipinski definition) is 0. The number of nitro benzene ring substituents is 1. The average Bonchev–Trinajstić information content (AvgIpc) is 2.96. The lowest BCUT2D eigenvalue weighted by atomic mass is 10.1. The maximum atomic E-state index is 13.2. The van der Waals surface area contributed by atoms with Crippen molar-refractivity contribution >= 4 is 36.5 Å². The molecule has 0 radical (unpaired) electrons. The number of amides is 1. The van der Waals surface area contributed by atoms with Crippen LogP contribution in [0.5, 0.6) is 0 Å². The van der Waals surface area contributed by atoms with Crippen LogP contribution in [0.1, 0.15) is 47.1 Å². The van der Waals surface area contributed by atoms with E-state index < -0.39 is 37.1 Å². The molecule has 228 valence electrons. The zero-order valence-electron chi connectivity index (χ0n) is 25.9. The zero-order valence-corrected chi connectivity index (χ0v) is 26.9. The predicted molar refractivity (Wildman–Crippen MR) is 172 cm³/mol. The van der Waals surface area contributed by atoms with Crippen molar-refractivity contribution in [3.8, 4) is 0 Å². The molecule has 9 heteroatoms. The van der Waals surface area contributed by atoms with Crippen LogP contribution in [-0.4, -0.2) is 61.7 Å². The fourth-order valence-electron chi connectivity index (χ4n) is 5.53. The number of ether oxygens (including phenoxy) is 2. The number of carbonyl (C=O) groups is 1. The van der Waals surface area contributed by atoms with Gasteiger partial charge in [-0.1, -0.05) is 99.6 Å². The topological polar surface area (TPSA) is 91.1 Å². The smallest absolute Gasteiger partial charge is 0.410 e. The number of nitro groups is 1. The van der Waals surface area contributed by atoms with E-state index in [0.29, 0.717) is 12.1 Å². The lowest BCUT2D eigenvalue weighted by Gasteiger charge is -2.45. The number of hydrogen-bond acceptors (Lipinski definition) is 6. The van der Waals surface area contributed by atoms with Gasteiger partial charge < -0.3 is 18.8 Å². The lowest BCUT2D eigenvalue weighted by molar-refractivity contribution is -0.385. The van der Waals surface area contributed by atoms with Crippen LogP contribution in [0, 0.1) is 10.1 Å². The summed E-state index contributed by atoms with van der Waals surface area (Å²) in [6.07, 6.45) is 2.04. The average molecular weight is 603 g/mol. The molecule has 0 aromatic heterocycles. The van der Waals surface area contributed by atoms with Gasteiger partial charge in [-0.15, -0.1) is 0 Å². The molecule has 1 amide bonds. The van der Waals surface area contributed by atoms with Crippen LogP contribution in [0.3, 0.4) is 0 Å². The Morgan fingerprint density at radius 3 is 2.02 bits per heavy atom. The van der Waals surface area contributed by atoms with Gasteiger partial charge in [0.2, 0.25) is 0 Å². The van der Waals surface area contributed by atoms with E-state index in [1.807, 2.05) is 57.2 Å². The first-order chi connectivity index (χ1) is 20.3. The number of benzene rings is 3. The van der Waals surface area contributed by atoms with Gasteiger partial charge in [0.15, 0.2) is 0 Å². The number of rotatable bonds is 8. The highest BCUT2D eigenvalue weighted by molar-refractivity contribution is 6.99. The van der Waals surface area contributed by atoms with Gasteiger partial charge in [0.05, 0.1) is 42.4 Å². The summed E-state index contributed by atoms with van der Waals surface area (Å²) < 4.78 is 19.3. The molecule has 2 atom stereocenters. The molecule has 1 unspecified atom stereocenters. The van der Waals surface area contributed by atoms with Crippen molar-refractivity contribution in [2.24, 2.45) is 0 Å². The molecule has 0 bridgehead atoms. The van der Waals surface area contributed by atoms with Crippen LogP contribution in [0.25, 0.3) is 6.08 Å². The van der Waals surface area contributed by atoms with E-state index in [9.17, 15) is 14.9 Å². The first-order valence-corrected chi connectivity index (χ1v) is 16.5. The Labute approximate surface area is 255 Å². The number of carbonyl (C=O) groups excluding carboxylic acids is 1. The number of para-hydroxylation sites is 1. The van der Waals surface area contributed by atoms with Gasteiger partial charge in [0.25, 0.3) is 14.0 Å². The van der Waals surface area contributed by atoms with Gasteiger partial charge in [-0.25, -0.2) is 4.79 Å². The summed E-state index contributed by atoms with van der Waals surface area (Å²) in [5.41, 5.74) is -0.192. The summed E-state index contributed by atoms with van der Waals surface area (Å²) >= 11 is 0. The van der Waals surface area contributed by atoms with Crippen LogP contribution in [0.2, 0.25) is 5.04 Å². The first-order valence-electron chi connectivity index (χ1n) is 14.6. The van der Waals surface area contributed by atoms with Crippen LogP contribution in [-0.2, 0) is 13.9 Å². The van der Waals surface area contributed by atoms with E-state index in [0.717, 1.165) is 10.4 Å². The van der Waals surface area contributed by atoms with Crippen molar-refractivity contribution in [1.82, 2.24) is 4.90 Å². The third-order valence-electron chi connectivity index (χ3n) is 7.37. The van der Waals surface area contributed by atoms with Crippen molar-refractivity contribution in [2.75, 3.05) is 19.7 Å². The van der Waals surface area contributed by atoms with Crippen molar-refractivity contribution in [1.29, 1.82) is 0 Å². The Morgan fingerprint density at radius 2 is 1.49 bits per heavy atom. The second-order valence-corrected chi connectivity index (χ2v) is 17.1. The largest absolute Gasteiger partial charge is 0.444 e. The fourth-order valence-corrected chi connectivity index (χ4v) is 10.1. The standard InChI is InChI=1S/C34H42N2O6Si/c1-33(2,3)42-32(37)35-23-27(22-21-26-15-13-14-20-31(26)36(38)39)41-28(24-35)25-40-43(34(4,5)6,29-16-9-7-10-17-29)30-18-11-8-12-19-30/h7-22,27-28H,23-25H2,1-6H3/b22-21+/t27?,28-/m0/s1. The van der Waals surface area contributed by atoms with Crippen LogP contribution in [0.4, 0.5) is 10.5 Å². The molecular formula is C34H42N2O6Si. The molecule has 4 rings (SSSR count). The monoisotopic (exact) mass is 602 g/mol. The normalized spacial score (nSPS) is 18.0. The first kappa shape index (κ1) is 32.1. The molecule has 3 aromatic carbocycles. The van der Waals surface area contributed by atoms with E-state index in [4.69, 9.17) is 13.9 Å². The SMILES string of the molecule is CC(C)(C)OC(=O)N1CC(/C=C/c2ccccc2[N+](=O)[O-])O[C@H](CO[Si](c2ccccc2)(c2ccccc2)C(C)(C)C)C1. The van der Waals surface area contributed by atoms with Gasteiger partial charge in [-0.2, -0.15) is 0 Å². The molecule has 0 aliphatic carbocycles. The molecule has 1 aliphatic heterocycles. The maximum absolute atomic E-state index is 13.2. The summed E-state index contributed by atoms with van der Waals surface area (Å²) in [5, 5.41) is 13.6. The van der Waals surface area contributed by atoms with Crippen molar-refractivity contribution in [3.05, 3.63) is 107 Å². The van der Waals surface area contributed by atoms with Gasteiger partial charge in [0.1, 0.15) is 5.60 Å². The molecule has 0 spiro atoms. The molecule has 0 N–H and O–H groups in total. The Balaban J connectivity index is 1.66. The molecule has 1 heterocycles. The lowest BCUT2D eigenvalue weighted by Crippen LogP contribution is -2.67. The van der Waals surface area contributed by atoms with E-state index in [2.05, 4.69) is 45.0 Å². The highest BCUT2D eigenvalue weighted by Gasteiger charge is 2.50. The van der Waals surface area contributed by atoms with Crippen LogP contribution < -0.4 is 10.4 Å². The van der Waals surface area contributed by atoms with Crippen molar-refractivity contribution in [2.45, 2.75) is 64.4 Å². The predicted octanol–water partition coefficient (Wildman–Crippen LogP) is 6.19. The van der Waals surface area contributed by atoms with Gasteiger partial charge in [-0.05, 0) is 48.3 Å². The summed E-state index contributed by atoms with van der Waals surface area (Å²) in [6.45, 7) is 12.9. The van der Waals surface area contributed by atoms with E-state index in [1.54, 1.807) is 35.3 Å². The summed E-state index contributed by atoms with van der Waals surface area (Å²) in [7, 11) is -2.84. The fraction of sp³-hybridized carbons (Fsp3) is 0.382. The third kappa shape index (κ3) is 7.79. The van der Waals surface area contributed by atoms with E-state index >= 15 is 0 Å². The van der Waals surface area contributed by atoms with Crippen LogP contribution >= 0.6 is 0 Å². The molecule has 1 saturated heterocycles. The Hall–Kier alpha value is -3.79. The molecular weight excluding hydrogens is 560 g/mol. The Kier molecular flexibility index (Phi) is 9.89. The minimum atomic E-state index is -2.84. The molecule has 3 aromatic rings. The third-order valence-corrected chi connectivity index (χ3v) is 12.4. The van der Waals surface area contributed by atoms with Gasteiger partial charge in [-0.3, -0.25) is 10.1 Å². The molecule has 43 heavy (non-hydrogen) atoms. The van der Waals surface area contributed by atoms with Crippen molar-refractivity contribution in [3.63, 3.8) is 0 Å². The number of morpholine rings is 1. The summed E-state index contributed by atoms with van der Waals surface area (Å²) in [5.74, 6) is 0. The summed E-state index contributed by atoms with van der Waals surface area (Å²) in [4.78, 5) is 26.0. The quantitative estimate of drug-likeness (QED) is 0.174. The summed E-state index contributed by atoms with van der Waals surface area (Å²) in [6, 6.07) is 27.3. The van der Waals surface area contributed by atoms with Gasteiger partial charge in [0, 0.05) is 6.07 Å². The number of nitrogens with zero attached hydrogens (tertiary/aromatic N) is 2. The second kappa shape index (κ2) is 13.2. The minimum absolute atomic E-state index is 0.00474. The zero-order chi connectivity index (χ0) is 31.3. The van der Waals surface area contributed by atoms with Crippen molar-refractivity contribution < 1.29 is 23.6 Å². The molecule has 1 fully saturated rings. The molecule has 0 saturated carbocycles. The molecule has 8 nitrogen and oxygen atoms in total. The second-order valence-electron chi connectivity index (χ2n) is 12.8. The van der Waals surface area contributed by atoms with E-state index in [-0.39, 0.29) is 23.9 Å². The Bertz CT molecular complexity index is 1380. The highest BCUT2D eigenvalue weighted by atomic mass is 28.4. The highest BCUT2D eigenvalue weighted by Crippen LogP contribution is 2.37.